The van der Waals surface area contributed by atoms with Crippen molar-refractivity contribution < 1.29 is 9.18 Å². The van der Waals surface area contributed by atoms with E-state index in [9.17, 15) is 14.4 Å². The Labute approximate surface area is 183 Å². The van der Waals surface area contributed by atoms with Gasteiger partial charge in [-0.15, -0.1) is 0 Å². The number of piperazine rings is 1. The molecule has 3 aliphatic heterocycles. The molecule has 6 unspecified atom stereocenters. The highest BCUT2D eigenvalue weighted by atomic mass is 19.1. The number of hydrogen-bond donors (Lipinski definition) is 1. The topological polar surface area (TPSA) is 76.6 Å². The summed E-state index contributed by atoms with van der Waals surface area (Å²) in [6.45, 7) is 6.85. The molecule has 3 saturated heterocycles. The summed E-state index contributed by atoms with van der Waals surface area (Å²) in [6, 6.07) is 9.67. The molecule has 5 rings (SSSR count). The van der Waals surface area contributed by atoms with Gasteiger partial charge in [0.05, 0.1) is 12.1 Å². The molecule has 0 aromatic heterocycles. The molecule has 2 bridgehead atoms. The Bertz CT molecular complexity index is 883. The number of likely N-dealkylation sites (tertiary alicyclic amines) is 3. The zero-order valence-corrected chi connectivity index (χ0v) is 18.3. The van der Waals surface area contributed by atoms with E-state index in [1.807, 2.05) is 12.1 Å². The van der Waals surface area contributed by atoms with Crippen molar-refractivity contribution in [2.75, 3.05) is 19.6 Å². The van der Waals surface area contributed by atoms with E-state index in [4.69, 9.17) is 5.73 Å². The highest BCUT2D eigenvalue weighted by molar-refractivity contribution is 5.83. The number of amides is 1. The molecule has 4 fully saturated rings. The minimum Gasteiger partial charge on any atom is -0.322 e. The van der Waals surface area contributed by atoms with Crippen molar-refractivity contribution in [1.29, 1.82) is 5.26 Å². The minimum atomic E-state index is -0.569. The average Bonchev–Trinajstić information content (AvgIpc) is 3.07. The Morgan fingerprint density at radius 1 is 1.19 bits per heavy atom. The van der Waals surface area contributed by atoms with E-state index in [0.717, 1.165) is 37.9 Å². The van der Waals surface area contributed by atoms with Gasteiger partial charge in [0.25, 0.3) is 0 Å². The second-order valence-corrected chi connectivity index (χ2v) is 10.2. The van der Waals surface area contributed by atoms with Crippen LogP contribution in [0.5, 0.6) is 0 Å². The van der Waals surface area contributed by atoms with Crippen LogP contribution in [0.4, 0.5) is 4.39 Å². The second-order valence-electron chi connectivity index (χ2n) is 10.2. The molecule has 7 heteroatoms. The van der Waals surface area contributed by atoms with Crippen LogP contribution in [0.15, 0.2) is 24.3 Å². The summed E-state index contributed by atoms with van der Waals surface area (Å²) in [6.07, 6.45) is 2.92. The lowest BCUT2D eigenvalue weighted by Gasteiger charge is -2.41. The first-order chi connectivity index (χ1) is 14.9. The van der Waals surface area contributed by atoms with Crippen molar-refractivity contribution in [1.82, 2.24) is 14.7 Å². The molecule has 1 aromatic carbocycles. The maximum absolute atomic E-state index is 13.4. The van der Waals surface area contributed by atoms with Crippen LogP contribution in [0.3, 0.4) is 0 Å². The number of nitrogens with two attached hydrogens (primary N) is 1. The number of fused-ring (bicyclic) bond motifs is 3. The van der Waals surface area contributed by atoms with E-state index >= 15 is 0 Å². The van der Waals surface area contributed by atoms with E-state index < -0.39 is 6.04 Å². The van der Waals surface area contributed by atoms with Gasteiger partial charge in [-0.3, -0.25) is 14.6 Å². The first-order valence-electron chi connectivity index (χ1n) is 11.6. The molecule has 1 amide bonds. The van der Waals surface area contributed by atoms with Crippen LogP contribution in [0.25, 0.3) is 0 Å². The standard InChI is InChI=1S/C24H32FN5O/c1-14(2)23(15-3-5-17(25)6-4-15)29-12-19-9-20(29)11-28(19)13-21(27)24(31)30-18(10-26)7-16-8-22(16)30/h3-6,14,16,18-23H,7-9,11-13,27H2,1-2H3/t16?,18?,19?,20-,21?,22?,23?/m0/s1. The van der Waals surface area contributed by atoms with E-state index in [0.29, 0.717) is 30.5 Å². The first-order valence-corrected chi connectivity index (χ1v) is 11.6. The van der Waals surface area contributed by atoms with Gasteiger partial charge in [0.15, 0.2) is 0 Å². The van der Waals surface area contributed by atoms with Crippen molar-refractivity contribution in [2.24, 2.45) is 17.6 Å². The quantitative estimate of drug-likeness (QED) is 0.756. The van der Waals surface area contributed by atoms with E-state index in [1.54, 1.807) is 17.0 Å². The van der Waals surface area contributed by atoms with Gasteiger partial charge < -0.3 is 10.6 Å². The van der Waals surface area contributed by atoms with E-state index in [2.05, 4.69) is 29.7 Å². The predicted octanol–water partition coefficient (Wildman–Crippen LogP) is 2.12. The molecule has 0 spiro atoms. The van der Waals surface area contributed by atoms with Gasteiger partial charge in [-0.2, -0.15) is 5.26 Å². The normalized spacial score (nSPS) is 34.1. The number of hydrogen-bond acceptors (Lipinski definition) is 5. The lowest BCUT2D eigenvalue weighted by molar-refractivity contribution is -0.134. The predicted molar refractivity (Wildman–Crippen MR) is 115 cm³/mol. The Kier molecular flexibility index (Phi) is 5.28. The van der Waals surface area contributed by atoms with Crippen LogP contribution in [-0.4, -0.2) is 70.5 Å². The van der Waals surface area contributed by atoms with Crippen molar-refractivity contribution in [3.05, 3.63) is 35.6 Å². The molecule has 1 aliphatic carbocycles. The summed E-state index contributed by atoms with van der Waals surface area (Å²) in [7, 11) is 0. The largest absolute Gasteiger partial charge is 0.322 e. The van der Waals surface area contributed by atoms with Gasteiger partial charge in [-0.05, 0) is 48.8 Å². The van der Waals surface area contributed by atoms with Gasteiger partial charge in [0.1, 0.15) is 11.9 Å². The van der Waals surface area contributed by atoms with Gasteiger partial charge in [0.2, 0.25) is 5.91 Å². The number of benzene rings is 1. The lowest BCUT2D eigenvalue weighted by Crippen LogP contribution is -2.55. The summed E-state index contributed by atoms with van der Waals surface area (Å²) in [4.78, 5) is 19.7. The highest BCUT2D eigenvalue weighted by Gasteiger charge is 2.55. The molecule has 31 heavy (non-hydrogen) atoms. The molecular weight excluding hydrogens is 393 g/mol. The van der Waals surface area contributed by atoms with Crippen molar-refractivity contribution in [3.8, 4) is 6.07 Å². The number of nitrogens with zero attached hydrogens (tertiary/aromatic N) is 4. The zero-order valence-electron chi connectivity index (χ0n) is 18.3. The molecule has 3 heterocycles. The van der Waals surface area contributed by atoms with Gasteiger partial charge in [-0.25, -0.2) is 4.39 Å². The fourth-order valence-electron chi connectivity index (χ4n) is 6.37. The Morgan fingerprint density at radius 2 is 1.94 bits per heavy atom. The number of nitriles is 1. The summed E-state index contributed by atoms with van der Waals surface area (Å²) in [5, 5.41) is 9.39. The number of halogens is 1. The first kappa shape index (κ1) is 20.9. The van der Waals surface area contributed by atoms with Crippen LogP contribution in [0.1, 0.15) is 44.7 Å². The minimum absolute atomic E-state index is 0.0532. The molecule has 0 radical (unpaired) electrons. The van der Waals surface area contributed by atoms with Gasteiger partial charge in [0, 0.05) is 43.8 Å². The summed E-state index contributed by atoms with van der Waals surface area (Å²) < 4.78 is 13.4. The Hall–Kier alpha value is -2.01. The van der Waals surface area contributed by atoms with E-state index in [1.165, 1.54) is 0 Å². The van der Waals surface area contributed by atoms with Crippen LogP contribution >= 0.6 is 0 Å². The molecule has 1 saturated carbocycles. The molecule has 4 aliphatic rings. The van der Waals surface area contributed by atoms with Crippen LogP contribution in [0, 0.1) is 29.0 Å². The Balaban J connectivity index is 1.22. The van der Waals surface area contributed by atoms with Crippen LogP contribution < -0.4 is 5.73 Å². The molecular formula is C24H32FN5O. The third-order valence-electron chi connectivity index (χ3n) is 7.85. The smallest absolute Gasteiger partial charge is 0.242 e. The van der Waals surface area contributed by atoms with Gasteiger partial charge in [-0.1, -0.05) is 26.0 Å². The third-order valence-corrected chi connectivity index (χ3v) is 7.85. The lowest BCUT2D eigenvalue weighted by atomic mass is 9.93. The number of rotatable bonds is 6. The summed E-state index contributed by atoms with van der Waals surface area (Å²) in [5.74, 6) is 0.680. The van der Waals surface area contributed by atoms with E-state index in [-0.39, 0.29) is 29.8 Å². The molecule has 1 aromatic rings. The fourth-order valence-corrected chi connectivity index (χ4v) is 6.37. The molecule has 7 atom stereocenters. The Morgan fingerprint density at radius 3 is 2.55 bits per heavy atom. The monoisotopic (exact) mass is 425 g/mol. The summed E-state index contributed by atoms with van der Waals surface area (Å²) >= 11 is 0. The van der Waals surface area contributed by atoms with Crippen LogP contribution in [0.2, 0.25) is 0 Å². The average molecular weight is 426 g/mol. The fraction of sp³-hybridized carbons (Fsp3) is 0.667. The zero-order chi connectivity index (χ0) is 21.9. The van der Waals surface area contributed by atoms with Crippen LogP contribution in [-0.2, 0) is 4.79 Å². The maximum atomic E-state index is 13.4. The maximum Gasteiger partial charge on any atom is 0.242 e. The van der Waals surface area contributed by atoms with Crippen molar-refractivity contribution >= 4 is 5.91 Å². The number of carbonyl (C=O) groups excluding carboxylic acids is 1. The van der Waals surface area contributed by atoms with Crippen molar-refractivity contribution in [3.63, 3.8) is 0 Å². The number of piperidine rings is 1. The number of carbonyl (C=O) groups is 1. The summed E-state index contributed by atoms with van der Waals surface area (Å²) in [5.41, 5.74) is 7.53. The second kappa shape index (κ2) is 7.84. The molecule has 2 N–H and O–H groups in total. The van der Waals surface area contributed by atoms with Gasteiger partial charge >= 0.3 is 0 Å². The molecule has 6 nitrogen and oxygen atoms in total. The third kappa shape index (κ3) is 3.65. The molecule has 166 valence electrons. The highest BCUT2D eigenvalue weighted by Crippen LogP contribution is 2.48. The SMILES string of the molecule is CC(C)C(c1ccc(F)cc1)N1CC2C[C@H]1CN2CC(N)C(=O)N1C(C#N)CC2CC21. The van der Waals surface area contributed by atoms with Crippen molar-refractivity contribution in [2.45, 2.75) is 69.4 Å².